The molecule has 0 unspecified atom stereocenters. The molecule has 0 aliphatic rings. The molecule has 2 heteroatoms. The summed E-state index contributed by atoms with van der Waals surface area (Å²) >= 11 is 0. The Kier molecular flexibility index (Phi) is 10.5. The minimum absolute atomic E-state index is 0. The van der Waals surface area contributed by atoms with Gasteiger partial charge in [-0.3, -0.25) is 0 Å². The Hall–Kier alpha value is -0.850. The zero-order valence-electron chi connectivity index (χ0n) is 11.4. The summed E-state index contributed by atoms with van der Waals surface area (Å²) in [6, 6.07) is 25.3. The molecule has 0 aliphatic heterocycles. The molecule has 0 amide bonds. The monoisotopic (exact) mass is 339 g/mol. The first-order chi connectivity index (χ1) is 8.86. The van der Waals surface area contributed by atoms with Crippen LogP contribution in [-0.2, 0) is 26.2 Å². The number of hydrogen-bond acceptors (Lipinski definition) is 0. The first kappa shape index (κ1) is 18.1. The van der Waals surface area contributed by atoms with Crippen LogP contribution in [0.15, 0.2) is 66.7 Å². The average molecular weight is 341 g/mol. The summed E-state index contributed by atoms with van der Waals surface area (Å²) in [5, 5.41) is 2.69. The van der Waals surface area contributed by atoms with Crippen LogP contribution in [0.4, 0.5) is 0 Å². The fourth-order valence-corrected chi connectivity index (χ4v) is 1.65. The first-order valence-corrected chi connectivity index (χ1v) is 6.89. The molecule has 0 heterocycles. The Balaban J connectivity index is 0.000000314. The second kappa shape index (κ2) is 11.0. The predicted molar refractivity (Wildman–Crippen MR) is 81.2 cm³/mol. The van der Waals surface area contributed by atoms with Crippen molar-refractivity contribution >= 4 is 21.0 Å². The van der Waals surface area contributed by atoms with E-state index in [1.165, 1.54) is 16.3 Å². The molecule has 19 heavy (non-hydrogen) atoms. The van der Waals surface area contributed by atoms with Crippen molar-refractivity contribution in [3.8, 4) is 0 Å². The van der Waals surface area contributed by atoms with Gasteiger partial charge in [-0.05, 0) is 0 Å². The van der Waals surface area contributed by atoms with Gasteiger partial charge in [-0.25, -0.2) is 0 Å². The molecule has 0 fully saturated rings. The number of benzene rings is 2. The standard InChI is InChI=1S/C10H9.C6H5.CH3Si.Zr/c1-8-6-9-4-2-3-5-10(9)7-8;1-2-4-6-5-3-1;1-2;/h2-7H,1H3;1-5H;1H3;/q2*-1;;+2. The fraction of sp³-hybridized carbons (Fsp3) is 0.118. The van der Waals surface area contributed by atoms with E-state index >= 15 is 0 Å². The molecule has 0 aliphatic carbocycles. The number of aryl methyl sites for hydroxylation is 1. The van der Waals surface area contributed by atoms with Gasteiger partial charge in [0, 0.05) is 10.2 Å². The molecule has 0 saturated heterocycles. The van der Waals surface area contributed by atoms with Crippen molar-refractivity contribution in [3.63, 3.8) is 0 Å². The van der Waals surface area contributed by atoms with E-state index in [0.29, 0.717) is 0 Å². The molecule has 0 saturated carbocycles. The van der Waals surface area contributed by atoms with Gasteiger partial charge in [0.25, 0.3) is 0 Å². The van der Waals surface area contributed by atoms with Crippen molar-refractivity contribution in [1.82, 2.24) is 0 Å². The molecule has 3 aromatic rings. The molecule has 0 atom stereocenters. The number of hydrogen-bond donors (Lipinski definition) is 0. The first-order valence-electron chi connectivity index (χ1n) is 5.89. The van der Waals surface area contributed by atoms with Gasteiger partial charge in [-0.2, -0.15) is 42.5 Å². The van der Waals surface area contributed by atoms with Crippen molar-refractivity contribution in [2.75, 3.05) is 0 Å². The van der Waals surface area contributed by atoms with Gasteiger partial charge in [-0.15, -0.1) is 40.6 Å². The van der Waals surface area contributed by atoms with Crippen molar-refractivity contribution in [2.24, 2.45) is 0 Å². The van der Waals surface area contributed by atoms with Crippen LogP contribution in [0.1, 0.15) is 5.56 Å². The van der Waals surface area contributed by atoms with E-state index < -0.39 is 0 Å². The van der Waals surface area contributed by atoms with Gasteiger partial charge in [0.2, 0.25) is 0 Å². The zero-order chi connectivity index (χ0) is 13.2. The molecule has 3 aromatic carbocycles. The molecule has 93 valence electrons. The van der Waals surface area contributed by atoms with E-state index in [1.807, 2.05) is 30.3 Å². The van der Waals surface area contributed by atoms with Crippen molar-refractivity contribution in [1.29, 1.82) is 0 Å². The minimum atomic E-state index is 0. The van der Waals surface area contributed by atoms with Gasteiger partial charge < -0.3 is 0 Å². The van der Waals surface area contributed by atoms with Crippen molar-refractivity contribution < 1.29 is 26.2 Å². The molecule has 0 aromatic heterocycles. The Morgan fingerprint density at radius 2 is 1.58 bits per heavy atom. The Morgan fingerprint density at radius 3 is 2.05 bits per heavy atom. The summed E-state index contributed by atoms with van der Waals surface area (Å²) in [6.45, 7) is 3.93. The van der Waals surface area contributed by atoms with E-state index in [4.69, 9.17) is 0 Å². The van der Waals surface area contributed by atoms with Gasteiger partial charge in [0.1, 0.15) is 0 Å². The van der Waals surface area contributed by atoms with E-state index in [-0.39, 0.29) is 26.2 Å². The zero-order valence-corrected chi connectivity index (χ0v) is 14.8. The second-order valence-corrected chi connectivity index (χ2v) is 3.74. The van der Waals surface area contributed by atoms with Gasteiger partial charge in [-0.1, -0.05) is 19.5 Å². The largest absolute Gasteiger partial charge is 2.00 e. The maximum Gasteiger partial charge on any atom is 2.00 e. The summed E-state index contributed by atoms with van der Waals surface area (Å²) < 4.78 is 0. The summed E-state index contributed by atoms with van der Waals surface area (Å²) in [4.78, 5) is 0. The Bertz CT molecular complexity index is 484. The van der Waals surface area contributed by atoms with Crippen LogP contribution in [0, 0.1) is 13.0 Å². The van der Waals surface area contributed by atoms with Gasteiger partial charge in [0.15, 0.2) is 0 Å². The van der Waals surface area contributed by atoms with Crippen LogP contribution in [0.25, 0.3) is 10.8 Å². The minimum Gasteiger partial charge on any atom is -0.184 e. The van der Waals surface area contributed by atoms with Crippen molar-refractivity contribution in [2.45, 2.75) is 13.5 Å². The van der Waals surface area contributed by atoms with Crippen LogP contribution >= 0.6 is 0 Å². The smallest absolute Gasteiger partial charge is 0.184 e. The number of rotatable bonds is 0. The van der Waals surface area contributed by atoms with Gasteiger partial charge in [0.05, 0.1) is 0 Å². The van der Waals surface area contributed by atoms with Crippen LogP contribution in [0.5, 0.6) is 0 Å². The molecule has 3 rings (SSSR count). The van der Waals surface area contributed by atoms with Gasteiger partial charge >= 0.3 is 26.2 Å². The van der Waals surface area contributed by atoms with E-state index in [9.17, 15) is 0 Å². The molecule has 0 spiro atoms. The SMILES string of the molecule is C[Si].Cc1cc2ccccc2[cH-]1.[Zr+2].[c-]1ccccc1. The van der Waals surface area contributed by atoms with E-state index in [1.54, 1.807) is 6.55 Å². The maximum absolute atomic E-state index is 2.97. The number of fused-ring (bicyclic) bond motifs is 1. The van der Waals surface area contributed by atoms with E-state index in [2.05, 4.69) is 59.6 Å². The molecule has 0 nitrogen and oxygen atoms in total. The molecular weight excluding hydrogens is 323 g/mol. The Morgan fingerprint density at radius 1 is 0.947 bits per heavy atom. The average Bonchev–Trinajstić information content (AvgIpc) is 2.84. The molecule has 0 N–H and O–H groups in total. The summed E-state index contributed by atoms with van der Waals surface area (Å²) in [5.41, 5.74) is 1.35. The fourth-order valence-electron chi connectivity index (χ4n) is 1.65. The Labute approximate surface area is 138 Å². The topological polar surface area (TPSA) is 0 Å². The van der Waals surface area contributed by atoms with Crippen LogP contribution in [0.2, 0.25) is 6.55 Å². The quantitative estimate of drug-likeness (QED) is 0.416. The third-order valence-electron chi connectivity index (χ3n) is 2.37. The summed E-state index contributed by atoms with van der Waals surface area (Å²) in [5.74, 6) is 0. The van der Waals surface area contributed by atoms with Crippen molar-refractivity contribution in [3.05, 3.63) is 78.4 Å². The molecular formula is C17H17SiZr. The third kappa shape index (κ3) is 6.75. The molecule has 0 bridgehead atoms. The predicted octanol–water partition coefficient (Wildman–Crippen LogP) is 4.55. The maximum atomic E-state index is 2.97. The van der Waals surface area contributed by atoms with E-state index in [0.717, 1.165) is 0 Å². The van der Waals surface area contributed by atoms with Crippen LogP contribution in [0.3, 0.4) is 0 Å². The normalized spacial score (nSPS) is 8.37. The summed E-state index contributed by atoms with van der Waals surface area (Å²) in [7, 11) is 2.97. The molecule has 3 radical (unpaired) electrons. The third-order valence-corrected chi connectivity index (χ3v) is 2.37. The summed E-state index contributed by atoms with van der Waals surface area (Å²) in [6.07, 6.45) is 0. The van der Waals surface area contributed by atoms with Crippen LogP contribution in [-0.4, -0.2) is 10.2 Å². The van der Waals surface area contributed by atoms with Crippen LogP contribution < -0.4 is 0 Å². The second-order valence-electron chi connectivity index (χ2n) is 3.74.